The van der Waals surface area contributed by atoms with E-state index in [-0.39, 0.29) is 11.8 Å². The monoisotopic (exact) mass is 223 g/mol. The summed E-state index contributed by atoms with van der Waals surface area (Å²) in [5, 5.41) is 0. The van der Waals surface area contributed by atoms with Gasteiger partial charge < -0.3 is 10.6 Å². The Morgan fingerprint density at radius 3 is 2.94 bits per heavy atom. The lowest BCUT2D eigenvalue weighted by Gasteiger charge is -2.31. The molecule has 0 saturated carbocycles. The van der Waals surface area contributed by atoms with Crippen LogP contribution in [0.25, 0.3) is 0 Å². The second-order valence-corrected chi connectivity index (χ2v) is 5.30. The normalized spacial score (nSPS) is 34.9. The smallest absolute Gasteiger partial charge is 0.226 e. The summed E-state index contributed by atoms with van der Waals surface area (Å²) < 4.78 is 0. The van der Waals surface area contributed by atoms with Gasteiger partial charge in [0.05, 0.1) is 25.6 Å². The predicted octanol–water partition coefficient (Wildman–Crippen LogP) is 0.123. The minimum Gasteiger partial charge on any atom is -0.369 e. The van der Waals surface area contributed by atoms with Gasteiger partial charge in [-0.05, 0) is 32.1 Å². The Balaban J connectivity index is 1.80. The van der Waals surface area contributed by atoms with E-state index in [0.29, 0.717) is 0 Å². The fraction of sp³-hybridized carbons (Fsp3) is 0.769. The summed E-state index contributed by atoms with van der Waals surface area (Å²) in [4.78, 5) is 12.8. The van der Waals surface area contributed by atoms with Crippen LogP contribution >= 0.6 is 0 Å². The molecule has 0 radical (unpaired) electrons. The number of allylic oxidation sites excluding steroid dienone is 2. The van der Waals surface area contributed by atoms with Gasteiger partial charge in [0.2, 0.25) is 5.91 Å². The van der Waals surface area contributed by atoms with Gasteiger partial charge in [0, 0.05) is 5.92 Å². The number of quaternary nitrogens is 1. The highest BCUT2D eigenvalue weighted by Gasteiger charge is 2.28. The van der Waals surface area contributed by atoms with Crippen LogP contribution in [0.15, 0.2) is 12.2 Å². The fourth-order valence-corrected chi connectivity index (χ4v) is 3.03. The van der Waals surface area contributed by atoms with Crippen LogP contribution in [0.4, 0.5) is 0 Å². The number of amides is 1. The summed E-state index contributed by atoms with van der Waals surface area (Å²) in [6, 6.07) is 0. The first kappa shape index (κ1) is 11.6. The number of carbonyl (C=O) groups is 1. The fourth-order valence-electron chi connectivity index (χ4n) is 3.03. The first-order chi connectivity index (χ1) is 7.75. The minimum absolute atomic E-state index is 0.0965. The van der Waals surface area contributed by atoms with E-state index in [1.54, 1.807) is 4.90 Å². The molecule has 1 unspecified atom stereocenters. The number of nitrogens with two attached hydrogens (primary N) is 1. The first-order valence-corrected chi connectivity index (χ1v) is 6.53. The molecule has 3 atom stereocenters. The van der Waals surface area contributed by atoms with Crippen molar-refractivity contribution in [1.82, 2.24) is 0 Å². The number of hydrogen-bond acceptors (Lipinski definition) is 1. The average molecular weight is 223 g/mol. The van der Waals surface area contributed by atoms with Crippen molar-refractivity contribution in [1.29, 1.82) is 0 Å². The molecule has 90 valence electrons. The Kier molecular flexibility index (Phi) is 3.99. The summed E-state index contributed by atoms with van der Waals surface area (Å²) in [5.74, 6) is 0.857. The van der Waals surface area contributed by atoms with Crippen LogP contribution in [0.3, 0.4) is 0 Å². The number of primary amides is 1. The Morgan fingerprint density at radius 2 is 2.25 bits per heavy atom. The number of nitrogens with one attached hydrogen (secondary N) is 1. The predicted molar refractivity (Wildman–Crippen MR) is 64.0 cm³/mol. The van der Waals surface area contributed by atoms with E-state index in [1.165, 1.54) is 32.4 Å². The van der Waals surface area contributed by atoms with Crippen molar-refractivity contribution in [3.8, 4) is 0 Å². The lowest BCUT2D eigenvalue weighted by atomic mass is 9.91. The van der Waals surface area contributed by atoms with Gasteiger partial charge in [-0.3, -0.25) is 4.79 Å². The quantitative estimate of drug-likeness (QED) is 0.656. The van der Waals surface area contributed by atoms with E-state index in [9.17, 15) is 4.79 Å². The Morgan fingerprint density at radius 1 is 1.38 bits per heavy atom. The molecule has 3 nitrogen and oxygen atoms in total. The molecule has 0 spiro atoms. The van der Waals surface area contributed by atoms with Crippen LogP contribution in [0, 0.1) is 11.8 Å². The molecule has 3 heteroatoms. The third kappa shape index (κ3) is 3.08. The zero-order valence-electron chi connectivity index (χ0n) is 9.95. The van der Waals surface area contributed by atoms with Gasteiger partial charge >= 0.3 is 0 Å². The molecule has 0 aromatic rings. The Hall–Kier alpha value is -0.830. The maximum atomic E-state index is 11.2. The molecule has 0 bridgehead atoms. The van der Waals surface area contributed by atoms with Crippen molar-refractivity contribution in [3.63, 3.8) is 0 Å². The molecule has 2 aliphatic rings. The van der Waals surface area contributed by atoms with Gasteiger partial charge in [-0.1, -0.05) is 12.2 Å². The molecule has 1 heterocycles. The summed E-state index contributed by atoms with van der Waals surface area (Å²) in [5.41, 5.74) is 5.40. The molecule has 1 saturated heterocycles. The molecule has 1 aliphatic heterocycles. The molecule has 0 aromatic heterocycles. The van der Waals surface area contributed by atoms with Crippen LogP contribution in [0.2, 0.25) is 0 Å². The first-order valence-electron chi connectivity index (χ1n) is 6.53. The van der Waals surface area contributed by atoms with Crippen LogP contribution in [0.1, 0.15) is 32.1 Å². The van der Waals surface area contributed by atoms with E-state index >= 15 is 0 Å². The van der Waals surface area contributed by atoms with E-state index in [4.69, 9.17) is 5.73 Å². The zero-order chi connectivity index (χ0) is 11.4. The highest BCUT2D eigenvalue weighted by molar-refractivity contribution is 5.76. The van der Waals surface area contributed by atoms with Gasteiger partial charge in [-0.15, -0.1) is 0 Å². The van der Waals surface area contributed by atoms with Crippen molar-refractivity contribution >= 4 is 5.91 Å². The van der Waals surface area contributed by atoms with E-state index in [1.807, 2.05) is 0 Å². The lowest BCUT2D eigenvalue weighted by Crippen LogP contribution is -3.14. The van der Waals surface area contributed by atoms with E-state index in [2.05, 4.69) is 12.2 Å². The van der Waals surface area contributed by atoms with Gasteiger partial charge in [0.25, 0.3) is 0 Å². The number of rotatable bonds is 3. The molecular weight excluding hydrogens is 200 g/mol. The van der Waals surface area contributed by atoms with Gasteiger partial charge in [-0.25, -0.2) is 0 Å². The largest absolute Gasteiger partial charge is 0.369 e. The summed E-state index contributed by atoms with van der Waals surface area (Å²) >= 11 is 0. The van der Waals surface area contributed by atoms with E-state index in [0.717, 1.165) is 25.3 Å². The highest BCUT2D eigenvalue weighted by Crippen LogP contribution is 2.16. The highest BCUT2D eigenvalue weighted by atomic mass is 16.1. The zero-order valence-corrected chi connectivity index (χ0v) is 9.95. The summed E-state index contributed by atoms with van der Waals surface area (Å²) in [7, 11) is 0. The summed E-state index contributed by atoms with van der Waals surface area (Å²) in [6.45, 7) is 3.42. The van der Waals surface area contributed by atoms with Crippen molar-refractivity contribution in [2.75, 3.05) is 19.6 Å². The third-order valence-electron chi connectivity index (χ3n) is 3.98. The molecule has 2 rings (SSSR count). The Labute approximate surface area is 97.7 Å². The minimum atomic E-state index is -0.0965. The van der Waals surface area contributed by atoms with Crippen LogP contribution < -0.4 is 10.6 Å². The molecule has 0 aromatic carbocycles. The second-order valence-electron chi connectivity index (χ2n) is 5.30. The lowest BCUT2D eigenvalue weighted by molar-refractivity contribution is -0.910. The second kappa shape index (κ2) is 5.48. The van der Waals surface area contributed by atoms with Crippen molar-refractivity contribution in [3.05, 3.63) is 12.2 Å². The van der Waals surface area contributed by atoms with Gasteiger partial charge in [0.1, 0.15) is 0 Å². The SMILES string of the molecule is NC(=O)[C@H]1CCC[NH+](C[C@@H]2CC=CCC2)C1. The maximum absolute atomic E-state index is 11.2. The standard InChI is InChI=1S/C13H22N2O/c14-13(16)12-7-4-8-15(10-12)9-11-5-2-1-3-6-11/h1-2,11-12H,3-10H2,(H2,14,16)/p+1/t11-,12+/m1/s1. The molecular formula is C13H23N2O+. The Bertz CT molecular complexity index is 275. The number of hydrogen-bond donors (Lipinski definition) is 2. The molecule has 1 amide bonds. The maximum Gasteiger partial charge on any atom is 0.226 e. The van der Waals surface area contributed by atoms with Gasteiger partial charge in [0.15, 0.2) is 0 Å². The van der Waals surface area contributed by atoms with Crippen molar-refractivity contribution in [2.24, 2.45) is 17.6 Å². The topological polar surface area (TPSA) is 47.5 Å². The molecule has 1 fully saturated rings. The van der Waals surface area contributed by atoms with Crippen LogP contribution in [-0.2, 0) is 4.79 Å². The van der Waals surface area contributed by atoms with Crippen molar-refractivity contribution in [2.45, 2.75) is 32.1 Å². The van der Waals surface area contributed by atoms with E-state index < -0.39 is 0 Å². The number of carbonyl (C=O) groups excluding carboxylic acids is 1. The van der Waals surface area contributed by atoms with Crippen LogP contribution in [-0.4, -0.2) is 25.5 Å². The molecule has 1 aliphatic carbocycles. The third-order valence-corrected chi connectivity index (χ3v) is 3.98. The van der Waals surface area contributed by atoms with Crippen molar-refractivity contribution < 1.29 is 9.69 Å². The number of likely N-dealkylation sites (tertiary alicyclic amines) is 1. The molecule has 3 N–H and O–H groups in total. The summed E-state index contributed by atoms with van der Waals surface area (Å²) in [6.07, 6.45) is 10.5. The van der Waals surface area contributed by atoms with Crippen LogP contribution in [0.5, 0.6) is 0 Å². The number of piperidine rings is 1. The average Bonchev–Trinajstić information content (AvgIpc) is 2.30. The molecule has 16 heavy (non-hydrogen) atoms. The van der Waals surface area contributed by atoms with Gasteiger partial charge in [-0.2, -0.15) is 0 Å².